The minimum atomic E-state index is -0.0538. The van der Waals surface area contributed by atoms with Gasteiger partial charge < -0.3 is 5.73 Å². The quantitative estimate of drug-likeness (QED) is 0.647. The second kappa shape index (κ2) is 3.11. The molecule has 0 heterocycles. The van der Waals surface area contributed by atoms with E-state index in [1.807, 2.05) is 6.92 Å². The number of hydrogen-bond donors (Lipinski definition) is 1. The molecule has 0 aromatic heterocycles. The van der Waals surface area contributed by atoms with Gasteiger partial charge >= 0.3 is 0 Å². The molecular weight excluding hydrogens is 165 g/mol. The molecule has 70 valence electrons. The maximum Gasteiger partial charge on any atom is 0.126 e. The molecule has 0 radical (unpaired) electrons. The first-order valence-electron chi connectivity index (χ1n) is 4.70. The van der Waals surface area contributed by atoms with E-state index in [0.717, 1.165) is 36.0 Å². The van der Waals surface area contributed by atoms with Crippen molar-refractivity contribution in [2.24, 2.45) is 5.73 Å². The van der Waals surface area contributed by atoms with Crippen LogP contribution in [0.15, 0.2) is 12.1 Å². The smallest absolute Gasteiger partial charge is 0.126 e. The highest BCUT2D eigenvalue weighted by atomic mass is 19.1. The highest BCUT2D eigenvalue weighted by Crippen LogP contribution is 2.24. The van der Waals surface area contributed by atoms with E-state index in [1.54, 1.807) is 6.07 Å². The molecule has 2 rings (SSSR count). The van der Waals surface area contributed by atoms with Gasteiger partial charge in [-0.2, -0.15) is 0 Å². The summed E-state index contributed by atoms with van der Waals surface area (Å²) < 4.78 is 13.4. The molecule has 0 fully saturated rings. The Balaban J connectivity index is 2.47. The third-order valence-electron chi connectivity index (χ3n) is 2.68. The lowest BCUT2D eigenvalue weighted by molar-refractivity contribution is 0.537. The first-order valence-corrected chi connectivity index (χ1v) is 4.70. The van der Waals surface area contributed by atoms with Gasteiger partial charge in [0.05, 0.1) is 0 Å². The minimum absolute atomic E-state index is 0.0538. The third-order valence-corrected chi connectivity index (χ3v) is 2.68. The number of hydrogen-bond acceptors (Lipinski definition) is 1. The van der Waals surface area contributed by atoms with Crippen LogP contribution in [-0.4, -0.2) is 6.04 Å². The lowest BCUT2D eigenvalue weighted by Crippen LogP contribution is -2.28. The minimum Gasteiger partial charge on any atom is -0.327 e. The second-order valence-electron chi connectivity index (χ2n) is 3.89. The standard InChI is InChI=1S/C11H14FN/c1-7-4-8-6-9(13)2-3-10(8)11(12)5-7/h4-5,9H,2-3,6,13H2,1H3/t9-/m1/s1. The van der Waals surface area contributed by atoms with Crippen LogP contribution in [0.1, 0.15) is 23.1 Å². The van der Waals surface area contributed by atoms with Crippen molar-refractivity contribution in [3.05, 3.63) is 34.6 Å². The lowest BCUT2D eigenvalue weighted by atomic mass is 9.87. The van der Waals surface area contributed by atoms with E-state index in [-0.39, 0.29) is 11.9 Å². The fourth-order valence-corrected chi connectivity index (χ4v) is 2.02. The molecule has 2 N–H and O–H groups in total. The van der Waals surface area contributed by atoms with Crippen LogP contribution in [-0.2, 0) is 12.8 Å². The summed E-state index contributed by atoms with van der Waals surface area (Å²) in [7, 11) is 0. The molecule has 1 aliphatic rings. The average Bonchev–Trinajstić information content (AvgIpc) is 2.02. The van der Waals surface area contributed by atoms with Crippen LogP contribution in [0.25, 0.3) is 0 Å². The zero-order valence-corrected chi connectivity index (χ0v) is 7.81. The van der Waals surface area contributed by atoms with Crippen molar-refractivity contribution in [1.29, 1.82) is 0 Å². The fourth-order valence-electron chi connectivity index (χ4n) is 2.02. The molecule has 0 unspecified atom stereocenters. The van der Waals surface area contributed by atoms with E-state index >= 15 is 0 Å². The molecule has 1 atom stereocenters. The Hall–Kier alpha value is -0.890. The average molecular weight is 179 g/mol. The Bertz CT molecular complexity index is 333. The van der Waals surface area contributed by atoms with Gasteiger partial charge in [0.25, 0.3) is 0 Å². The highest BCUT2D eigenvalue weighted by molar-refractivity contribution is 5.35. The molecule has 2 heteroatoms. The van der Waals surface area contributed by atoms with E-state index in [2.05, 4.69) is 6.07 Å². The van der Waals surface area contributed by atoms with Gasteiger partial charge in [-0.3, -0.25) is 0 Å². The fraction of sp³-hybridized carbons (Fsp3) is 0.455. The van der Waals surface area contributed by atoms with Crippen molar-refractivity contribution in [1.82, 2.24) is 0 Å². The molecule has 13 heavy (non-hydrogen) atoms. The Morgan fingerprint density at radius 1 is 1.46 bits per heavy atom. The Morgan fingerprint density at radius 3 is 3.00 bits per heavy atom. The van der Waals surface area contributed by atoms with Gasteiger partial charge in [0.2, 0.25) is 0 Å². The number of fused-ring (bicyclic) bond motifs is 1. The van der Waals surface area contributed by atoms with Crippen molar-refractivity contribution in [2.45, 2.75) is 32.2 Å². The zero-order valence-electron chi connectivity index (χ0n) is 7.81. The van der Waals surface area contributed by atoms with Gasteiger partial charge in [-0.05, 0) is 48.9 Å². The van der Waals surface area contributed by atoms with E-state index in [4.69, 9.17) is 5.73 Å². The highest BCUT2D eigenvalue weighted by Gasteiger charge is 2.18. The lowest BCUT2D eigenvalue weighted by Gasteiger charge is -2.22. The molecule has 0 saturated carbocycles. The number of nitrogens with two attached hydrogens (primary N) is 1. The Kier molecular flexibility index (Phi) is 2.08. The molecule has 0 saturated heterocycles. The summed E-state index contributed by atoms with van der Waals surface area (Å²) in [6.45, 7) is 1.92. The number of benzene rings is 1. The first kappa shape index (κ1) is 8.70. The van der Waals surface area contributed by atoms with Crippen molar-refractivity contribution in [2.75, 3.05) is 0 Å². The molecule has 0 amide bonds. The largest absolute Gasteiger partial charge is 0.327 e. The summed E-state index contributed by atoms with van der Waals surface area (Å²) in [5, 5.41) is 0. The van der Waals surface area contributed by atoms with E-state index < -0.39 is 0 Å². The zero-order chi connectivity index (χ0) is 9.42. The molecule has 1 aromatic rings. The van der Waals surface area contributed by atoms with Crippen LogP contribution < -0.4 is 5.73 Å². The summed E-state index contributed by atoms with van der Waals surface area (Å²) in [6.07, 6.45) is 2.53. The van der Waals surface area contributed by atoms with Crippen molar-refractivity contribution in [3.63, 3.8) is 0 Å². The topological polar surface area (TPSA) is 26.0 Å². The van der Waals surface area contributed by atoms with Gasteiger partial charge in [0, 0.05) is 6.04 Å². The molecular formula is C11H14FN. The maximum atomic E-state index is 13.4. The first-order chi connectivity index (χ1) is 6.16. The van der Waals surface area contributed by atoms with Gasteiger partial charge in [-0.25, -0.2) is 4.39 Å². The summed E-state index contributed by atoms with van der Waals surface area (Å²) in [4.78, 5) is 0. The molecule has 1 nitrogen and oxygen atoms in total. The maximum absolute atomic E-state index is 13.4. The number of rotatable bonds is 0. The van der Waals surface area contributed by atoms with Crippen LogP contribution in [0.4, 0.5) is 4.39 Å². The predicted octanol–water partition coefficient (Wildman–Crippen LogP) is 1.95. The summed E-state index contributed by atoms with van der Waals surface area (Å²) in [6, 6.07) is 3.88. The summed E-state index contributed by atoms with van der Waals surface area (Å²) in [5.74, 6) is -0.0538. The molecule has 1 aromatic carbocycles. The Labute approximate surface area is 77.8 Å². The molecule has 0 aliphatic heterocycles. The van der Waals surface area contributed by atoms with Gasteiger partial charge in [0.1, 0.15) is 5.82 Å². The SMILES string of the molecule is Cc1cc(F)c2c(c1)C[C@H](N)CC2. The van der Waals surface area contributed by atoms with E-state index in [0.29, 0.717) is 0 Å². The van der Waals surface area contributed by atoms with Crippen LogP contribution >= 0.6 is 0 Å². The van der Waals surface area contributed by atoms with Gasteiger partial charge in [-0.15, -0.1) is 0 Å². The third kappa shape index (κ3) is 1.59. The van der Waals surface area contributed by atoms with Gasteiger partial charge in [-0.1, -0.05) is 6.07 Å². The monoisotopic (exact) mass is 179 g/mol. The van der Waals surface area contributed by atoms with Gasteiger partial charge in [0.15, 0.2) is 0 Å². The summed E-state index contributed by atoms with van der Waals surface area (Å²) >= 11 is 0. The van der Waals surface area contributed by atoms with Crippen LogP contribution in [0.5, 0.6) is 0 Å². The van der Waals surface area contributed by atoms with Crippen molar-refractivity contribution in [3.8, 4) is 0 Å². The van der Waals surface area contributed by atoms with E-state index in [9.17, 15) is 4.39 Å². The van der Waals surface area contributed by atoms with Crippen LogP contribution in [0.2, 0.25) is 0 Å². The van der Waals surface area contributed by atoms with E-state index in [1.165, 1.54) is 0 Å². The van der Waals surface area contributed by atoms with Crippen LogP contribution in [0.3, 0.4) is 0 Å². The molecule has 1 aliphatic carbocycles. The van der Waals surface area contributed by atoms with Crippen molar-refractivity contribution < 1.29 is 4.39 Å². The summed E-state index contributed by atoms with van der Waals surface area (Å²) in [5.41, 5.74) is 8.81. The molecule has 0 bridgehead atoms. The normalized spacial score (nSPS) is 21.3. The second-order valence-corrected chi connectivity index (χ2v) is 3.89. The predicted molar refractivity (Wildman–Crippen MR) is 51.1 cm³/mol. The van der Waals surface area contributed by atoms with Crippen LogP contribution in [0, 0.1) is 12.7 Å². The number of halogens is 1. The number of aryl methyl sites for hydroxylation is 1. The Morgan fingerprint density at radius 2 is 2.23 bits per heavy atom. The van der Waals surface area contributed by atoms with Crippen molar-refractivity contribution >= 4 is 0 Å². The molecule has 0 spiro atoms.